The largest absolute Gasteiger partial charge is 0.493 e. The Hall–Kier alpha value is -2.20. The molecule has 0 radical (unpaired) electrons. The molecule has 0 spiro atoms. The molecule has 0 saturated carbocycles. The number of benzene rings is 2. The zero-order valence-electron chi connectivity index (χ0n) is 12.5. The van der Waals surface area contributed by atoms with E-state index in [1.165, 1.54) is 0 Å². The lowest BCUT2D eigenvalue weighted by Gasteiger charge is -2.13. The Bertz CT molecular complexity index is 584. The molecule has 0 aliphatic heterocycles. The van der Waals surface area contributed by atoms with Crippen LogP contribution in [0.3, 0.4) is 0 Å². The molecule has 0 bridgehead atoms. The second kappa shape index (κ2) is 7.55. The molecule has 0 unspecified atom stereocenters. The Morgan fingerprint density at radius 2 is 1.62 bits per heavy atom. The Morgan fingerprint density at radius 1 is 0.905 bits per heavy atom. The van der Waals surface area contributed by atoms with E-state index in [1.54, 1.807) is 7.11 Å². The van der Waals surface area contributed by atoms with Crippen LogP contribution in [-0.2, 0) is 6.54 Å². The van der Waals surface area contributed by atoms with Gasteiger partial charge in [0.15, 0.2) is 11.5 Å². The van der Waals surface area contributed by atoms with Gasteiger partial charge in [-0.3, -0.25) is 0 Å². The Balaban J connectivity index is 1.87. The standard InChI is InChI=1S/C17H21NO3/c1-13-7-8-16(17(11-13)19-2)21-10-9-20-15-6-4-3-5-14(15)12-18/h3-8,11H,9-10,12,18H2,1-2H3. The van der Waals surface area contributed by atoms with E-state index in [9.17, 15) is 0 Å². The minimum absolute atomic E-state index is 0.443. The van der Waals surface area contributed by atoms with Gasteiger partial charge in [0.25, 0.3) is 0 Å². The van der Waals surface area contributed by atoms with E-state index in [0.29, 0.717) is 19.8 Å². The molecule has 2 N–H and O–H groups in total. The van der Waals surface area contributed by atoms with Crippen molar-refractivity contribution < 1.29 is 14.2 Å². The molecule has 0 fully saturated rings. The van der Waals surface area contributed by atoms with E-state index in [4.69, 9.17) is 19.9 Å². The lowest BCUT2D eigenvalue weighted by atomic mass is 10.2. The first-order valence-electron chi connectivity index (χ1n) is 6.93. The van der Waals surface area contributed by atoms with Gasteiger partial charge in [0.1, 0.15) is 19.0 Å². The van der Waals surface area contributed by atoms with Gasteiger partial charge in [-0.05, 0) is 30.7 Å². The summed E-state index contributed by atoms with van der Waals surface area (Å²) in [5, 5.41) is 0. The van der Waals surface area contributed by atoms with Gasteiger partial charge < -0.3 is 19.9 Å². The maximum absolute atomic E-state index is 5.70. The number of para-hydroxylation sites is 1. The number of hydrogen-bond donors (Lipinski definition) is 1. The van der Waals surface area contributed by atoms with E-state index in [-0.39, 0.29) is 0 Å². The third-order valence-corrected chi connectivity index (χ3v) is 3.11. The minimum Gasteiger partial charge on any atom is -0.493 e. The Morgan fingerprint density at radius 3 is 2.33 bits per heavy atom. The van der Waals surface area contributed by atoms with Crippen LogP contribution >= 0.6 is 0 Å². The van der Waals surface area contributed by atoms with Crippen LogP contribution in [-0.4, -0.2) is 20.3 Å². The highest BCUT2D eigenvalue weighted by atomic mass is 16.5. The Kier molecular flexibility index (Phi) is 5.46. The maximum Gasteiger partial charge on any atom is 0.161 e. The fourth-order valence-electron chi connectivity index (χ4n) is 2.01. The van der Waals surface area contributed by atoms with E-state index in [1.807, 2.05) is 49.4 Å². The van der Waals surface area contributed by atoms with Gasteiger partial charge in [0.05, 0.1) is 7.11 Å². The summed E-state index contributed by atoms with van der Waals surface area (Å²) in [5.74, 6) is 2.26. The number of ether oxygens (including phenoxy) is 3. The normalized spacial score (nSPS) is 10.2. The van der Waals surface area contributed by atoms with Crippen molar-refractivity contribution in [3.05, 3.63) is 53.6 Å². The predicted octanol–water partition coefficient (Wildman–Crippen LogP) is 2.92. The van der Waals surface area contributed by atoms with Crippen molar-refractivity contribution in [2.24, 2.45) is 5.73 Å². The number of nitrogens with two attached hydrogens (primary N) is 1. The van der Waals surface area contributed by atoms with Gasteiger partial charge in [-0.25, -0.2) is 0 Å². The average molecular weight is 287 g/mol. The molecule has 0 saturated heterocycles. The monoisotopic (exact) mass is 287 g/mol. The van der Waals surface area contributed by atoms with Crippen molar-refractivity contribution in [1.29, 1.82) is 0 Å². The lowest BCUT2D eigenvalue weighted by molar-refractivity contribution is 0.210. The SMILES string of the molecule is COc1cc(C)ccc1OCCOc1ccccc1CN. The molecular weight excluding hydrogens is 266 g/mol. The fourth-order valence-corrected chi connectivity index (χ4v) is 2.01. The molecule has 0 atom stereocenters. The summed E-state index contributed by atoms with van der Waals surface area (Å²) in [6.45, 7) is 3.37. The first kappa shape index (κ1) is 15.2. The van der Waals surface area contributed by atoms with Gasteiger partial charge in [-0.15, -0.1) is 0 Å². The van der Waals surface area contributed by atoms with Gasteiger partial charge >= 0.3 is 0 Å². The zero-order chi connectivity index (χ0) is 15.1. The summed E-state index contributed by atoms with van der Waals surface area (Å²) in [7, 11) is 1.63. The first-order valence-corrected chi connectivity index (χ1v) is 6.93. The van der Waals surface area contributed by atoms with E-state index < -0.39 is 0 Å². The van der Waals surface area contributed by atoms with Crippen molar-refractivity contribution in [2.75, 3.05) is 20.3 Å². The maximum atomic E-state index is 5.70. The van der Waals surface area contributed by atoms with Crippen LogP contribution in [0.1, 0.15) is 11.1 Å². The molecule has 0 amide bonds. The first-order chi connectivity index (χ1) is 10.2. The molecule has 4 nitrogen and oxygen atoms in total. The topological polar surface area (TPSA) is 53.7 Å². The van der Waals surface area contributed by atoms with Crippen LogP contribution in [0.4, 0.5) is 0 Å². The highest BCUT2D eigenvalue weighted by Gasteiger charge is 2.05. The summed E-state index contributed by atoms with van der Waals surface area (Å²) < 4.78 is 16.7. The molecule has 4 heteroatoms. The molecule has 2 aromatic rings. The smallest absolute Gasteiger partial charge is 0.161 e. The van der Waals surface area contributed by atoms with Crippen LogP contribution in [0.5, 0.6) is 17.2 Å². The summed E-state index contributed by atoms with van der Waals surface area (Å²) in [6, 6.07) is 13.6. The molecule has 21 heavy (non-hydrogen) atoms. The summed E-state index contributed by atoms with van der Waals surface area (Å²) >= 11 is 0. The summed E-state index contributed by atoms with van der Waals surface area (Å²) in [6.07, 6.45) is 0. The average Bonchev–Trinajstić information content (AvgIpc) is 2.52. The second-order valence-electron chi connectivity index (χ2n) is 4.66. The Labute approximate surface area is 125 Å². The summed E-state index contributed by atoms with van der Waals surface area (Å²) in [5.41, 5.74) is 7.79. The van der Waals surface area contributed by atoms with E-state index in [0.717, 1.165) is 28.4 Å². The van der Waals surface area contributed by atoms with Crippen molar-refractivity contribution in [2.45, 2.75) is 13.5 Å². The van der Waals surface area contributed by atoms with Crippen LogP contribution < -0.4 is 19.9 Å². The quantitative estimate of drug-likeness (QED) is 0.796. The van der Waals surface area contributed by atoms with Gasteiger partial charge in [-0.2, -0.15) is 0 Å². The van der Waals surface area contributed by atoms with Crippen LogP contribution in [0.25, 0.3) is 0 Å². The molecule has 0 aliphatic carbocycles. The number of aryl methyl sites for hydroxylation is 1. The molecule has 112 valence electrons. The van der Waals surface area contributed by atoms with Gasteiger partial charge in [0.2, 0.25) is 0 Å². The third kappa shape index (κ3) is 4.13. The van der Waals surface area contributed by atoms with Crippen molar-refractivity contribution in [3.8, 4) is 17.2 Å². The van der Waals surface area contributed by atoms with Crippen molar-refractivity contribution in [1.82, 2.24) is 0 Å². The highest BCUT2D eigenvalue weighted by molar-refractivity contribution is 5.42. The van der Waals surface area contributed by atoms with Gasteiger partial charge in [0, 0.05) is 12.1 Å². The van der Waals surface area contributed by atoms with Gasteiger partial charge in [-0.1, -0.05) is 24.3 Å². The predicted molar refractivity (Wildman–Crippen MR) is 83.1 cm³/mol. The van der Waals surface area contributed by atoms with Crippen molar-refractivity contribution in [3.63, 3.8) is 0 Å². The molecular formula is C17H21NO3. The zero-order valence-corrected chi connectivity index (χ0v) is 12.5. The number of hydrogen-bond acceptors (Lipinski definition) is 4. The molecule has 2 aromatic carbocycles. The third-order valence-electron chi connectivity index (χ3n) is 3.11. The number of rotatable bonds is 7. The second-order valence-corrected chi connectivity index (χ2v) is 4.66. The lowest BCUT2D eigenvalue weighted by Crippen LogP contribution is -2.11. The fraction of sp³-hybridized carbons (Fsp3) is 0.294. The molecule has 0 heterocycles. The van der Waals surface area contributed by atoms with Crippen LogP contribution in [0.2, 0.25) is 0 Å². The van der Waals surface area contributed by atoms with E-state index >= 15 is 0 Å². The molecule has 0 aliphatic rings. The van der Waals surface area contributed by atoms with Crippen LogP contribution in [0, 0.1) is 6.92 Å². The summed E-state index contributed by atoms with van der Waals surface area (Å²) in [4.78, 5) is 0. The molecule has 2 rings (SSSR count). The van der Waals surface area contributed by atoms with E-state index in [2.05, 4.69) is 0 Å². The van der Waals surface area contributed by atoms with Crippen LogP contribution in [0.15, 0.2) is 42.5 Å². The van der Waals surface area contributed by atoms with Crippen molar-refractivity contribution >= 4 is 0 Å². The molecule has 0 aromatic heterocycles. The number of methoxy groups -OCH3 is 1. The minimum atomic E-state index is 0.443. The highest BCUT2D eigenvalue weighted by Crippen LogP contribution is 2.27.